The van der Waals surface area contributed by atoms with Crippen LogP contribution in [-0.4, -0.2) is 11.8 Å². The number of carbonyl (C=O) groups excluding carboxylic acids is 2. The summed E-state index contributed by atoms with van der Waals surface area (Å²) < 4.78 is 0.853. The van der Waals surface area contributed by atoms with Crippen LogP contribution < -0.4 is 10.6 Å². The molecule has 118 valence electrons. The van der Waals surface area contributed by atoms with Crippen LogP contribution >= 0.6 is 15.9 Å². The highest BCUT2D eigenvalue weighted by Crippen LogP contribution is 2.31. The minimum atomic E-state index is -0.186. The Balaban J connectivity index is 1.74. The van der Waals surface area contributed by atoms with Crippen molar-refractivity contribution < 1.29 is 9.59 Å². The first-order valence-corrected chi connectivity index (χ1v) is 8.30. The van der Waals surface area contributed by atoms with E-state index in [2.05, 4.69) is 26.6 Å². The van der Waals surface area contributed by atoms with E-state index in [9.17, 15) is 9.59 Å². The fourth-order valence-electron chi connectivity index (χ4n) is 2.25. The van der Waals surface area contributed by atoms with Crippen LogP contribution in [0.2, 0.25) is 0 Å². The molecule has 0 bridgehead atoms. The summed E-state index contributed by atoms with van der Waals surface area (Å²) in [6, 6.07) is 12.7. The zero-order valence-electron chi connectivity index (χ0n) is 12.7. The molecule has 2 amide bonds. The van der Waals surface area contributed by atoms with E-state index in [4.69, 9.17) is 0 Å². The van der Waals surface area contributed by atoms with E-state index in [1.165, 1.54) is 0 Å². The molecule has 0 saturated heterocycles. The van der Waals surface area contributed by atoms with Crippen LogP contribution in [0.5, 0.6) is 0 Å². The van der Waals surface area contributed by atoms with Crippen molar-refractivity contribution in [2.24, 2.45) is 5.92 Å². The summed E-state index contributed by atoms with van der Waals surface area (Å²) in [5.41, 5.74) is 2.95. The number of halogens is 1. The van der Waals surface area contributed by atoms with Crippen molar-refractivity contribution in [3.63, 3.8) is 0 Å². The Labute approximate surface area is 143 Å². The van der Waals surface area contributed by atoms with Crippen LogP contribution in [-0.2, 0) is 4.79 Å². The van der Waals surface area contributed by atoms with Crippen LogP contribution in [0.25, 0.3) is 0 Å². The molecule has 1 fully saturated rings. The highest BCUT2D eigenvalue weighted by atomic mass is 79.9. The molecule has 1 aliphatic carbocycles. The van der Waals surface area contributed by atoms with Crippen molar-refractivity contribution in [1.82, 2.24) is 0 Å². The van der Waals surface area contributed by atoms with Gasteiger partial charge in [-0.25, -0.2) is 0 Å². The molecular formula is C18H17BrN2O2. The highest BCUT2D eigenvalue weighted by Gasteiger charge is 2.29. The lowest BCUT2D eigenvalue weighted by Crippen LogP contribution is -2.15. The lowest BCUT2D eigenvalue weighted by atomic mass is 10.1. The van der Waals surface area contributed by atoms with Crippen molar-refractivity contribution in [3.05, 3.63) is 58.1 Å². The fourth-order valence-corrected chi connectivity index (χ4v) is 2.65. The van der Waals surface area contributed by atoms with E-state index in [0.29, 0.717) is 11.3 Å². The predicted octanol–water partition coefficient (Wildman–Crippen LogP) is 4.36. The molecule has 0 aromatic heterocycles. The standard InChI is InChI=1S/C18H17BrN2O2/c1-11-5-8-15(10-16(11)21-17(22)12-6-7-12)20-18(23)13-3-2-4-14(19)9-13/h2-5,8-10,12H,6-7H2,1H3,(H,20,23)(H,21,22). The smallest absolute Gasteiger partial charge is 0.255 e. The van der Waals surface area contributed by atoms with Gasteiger partial charge in [0, 0.05) is 27.3 Å². The molecule has 0 aliphatic heterocycles. The number of benzene rings is 2. The molecule has 3 rings (SSSR count). The maximum Gasteiger partial charge on any atom is 0.255 e. The van der Waals surface area contributed by atoms with Crippen LogP contribution in [0.1, 0.15) is 28.8 Å². The fraction of sp³-hybridized carbons (Fsp3) is 0.222. The van der Waals surface area contributed by atoms with Crippen LogP contribution in [0, 0.1) is 12.8 Å². The molecule has 1 aliphatic rings. The van der Waals surface area contributed by atoms with E-state index >= 15 is 0 Å². The van der Waals surface area contributed by atoms with E-state index in [1.54, 1.807) is 18.2 Å². The lowest BCUT2D eigenvalue weighted by Gasteiger charge is -2.11. The Morgan fingerprint density at radius 3 is 2.57 bits per heavy atom. The van der Waals surface area contributed by atoms with E-state index < -0.39 is 0 Å². The number of anilines is 2. The van der Waals surface area contributed by atoms with Gasteiger partial charge in [-0.2, -0.15) is 0 Å². The largest absolute Gasteiger partial charge is 0.326 e. The molecule has 2 aromatic rings. The Morgan fingerprint density at radius 1 is 1.09 bits per heavy atom. The van der Waals surface area contributed by atoms with Gasteiger partial charge in [0.25, 0.3) is 5.91 Å². The number of carbonyl (C=O) groups is 2. The number of nitrogens with one attached hydrogen (secondary N) is 2. The third kappa shape index (κ3) is 3.99. The van der Waals surface area contributed by atoms with Crippen LogP contribution in [0.15, 0.2) is 46.9 Å². The molecule has 0 spiro atoms. The Kier molecular flexibility index (Phi) is 4.48. The Hall–Kier alpha value is -2.14. The molecule has 23 heavy (non-hydrogen) atoms. The van der Waals surface area contributed by atoms with E-state index in [1.807, 2.05) is 31.2 Å². The SMILES string of the molecule is Cc1ccc(NC(=O)c2cccc(Br)c2)cc1NC(=O)C1CC1. The van der Waals surface area contributed by atoms with Gasteiger partial charge in [-0.05, 0) is 55.7 Å². The summed E-state index contributed by atoms with van der Waals surface area (Å²) >= 11 is 3.36. The third-order valence-electron chi connectivity index (χ3n) is 3.79. The predicted molar refractivity (Wildman–Crippen MR) is 94.6 cm³/mol. The van der Waals surface area contributed by atoms with Crippen LogP contribution in [0.4, 0.5) is 11.4 Å². The first-order chi connectivity index (χ1) is 11.0. The number of hydrogen-bond donors (Lipinski definition) is 2. The molecule has 2 aromatic carbocycles. The lowest BCUT2D eigenvalue weighted by molar-refractivity contribution is -0.117. The summed E-state index contributed by atoms with van der Waals surface area (Å²) in [4.78, 5) is 24.2. The summed E-state index contributed by atoms with van der Waals surface area (Å²) in [6.07, 6.45) is 1.92. The monoisotopic (exact) mass is 372 g/mol. The molecule has 0 radical (unpaired) electrons. The second-order valence-corrected chi connectivity index (χ2v) is 6.67. The van der Waals surface area contributed by atoms with Gasteiger partial charge < -0.3 is 10.6 Å². The maximum absolute atomic E-state index is 12.3. The third-order valence-corrected chi connectivity index (χ3v) is 4.28. The summed E-state index contributed by atoms with van der Waals surface area (Å²) in [6.45, 7) is 1.93. The number of amides is 2. The van der Waals surface area contributed by atoms with Crippen molar-refractivity contribution in [3.8, 4) is 0 Å². The normalized spacial score (nSPS) is 13.5. The molecule has 5 heteroatoms. The zero-order chi connectivity index (χ0) is 16.4. The summed E-state index contributed by atoms with van der Waals surface area (Å²) in [7, 11) is 0. The van der Waals surface area contributed by atoms with Gasteiger partial charge in [0.2, 0.25) is 5.91 Å². The first kappa shape index (κ1) is 15.7. The molecule has 1 saturated carbocycles. The molecule has 4 nitrogen and oxygen atoms in total. The van der Waals surface area contributed by atoms with E-state index in [0.717, 1.165) is 28.6 Å². The topological polar surface area (TPSA) is 58.2 Å². The van der Waals surface area contributed by atoms with Gasteiger partial charge in [0.05, 0.1) is 0 Å². The number of aryl methyl sites for hydroxylation is 1. The minimum absolute atomic E-state index is 0.0589. The maximum atomic E-state index is 12.3. The van der Waals surface area contributed by atoms with Gasteiger partial charge in [0.15, 0.2) is 0 Å². The van der Waals surface area contributed by atoms with Crippen molar-refractivity contribution in [2.75, 3.05) is 10.6 Å². The van der Waals surface area contributed by atoms with Gasteiger partial charge in [-0.15, -0.1) is 0 Å². The first-order valence-electron chi connectivity index (χ1n) is 7.51. The van der Waals surface area contributed by atoms with E-state index in [-0.39, 0.29) is 17.7 Å². The number of rotatable bonds is 4. The number of hydrogen-bond acceptors (Lipinski definition) is 2. The second-order valence-electron chi connectivity index (χ2n) is 5.76. The van der Waals surface area contributed by atoms with Crippen LogP contribution in [0.3, 0.4) is 0 Å². The molecule has 0 unspecified atom stereocenters. The highest BCUT2D eigenvalue weighted by molar-refractivity contribution is 9.10. The molecule has 2 N–H and O–H groups in total. The minimum Gasteiger partial charge on any atom is -0.326 e. The quantitative estimate of drug-likeness (QED) is 0.837. The molecule has 0 heterocycles. The van der Waals surface area contributed by atoms with Crippen molar-refractivity contribution in [1.29, 1.82) is 0 Å². The average molecular weight is 373 g/mol. The average Bonchev–Trinajstić information content (AvgIpc) is 3.35. The van der Waals surface area contributed by atoms with Gasteiger partial charge in [-0.1, -0.05) is 28.1 Å². The second kappa shape index (κ2) is 6.54. The van der Waals surface area contributed by atoms with Gasteiger partial charge in [0.1, 0.15) is 0 Å². The Morgan fingerprint density at radius 2 is 1.87 bits per heavy atom. The molecular weight excluding hydrogens is 356 g/mol. The summed E-state index contributed by atoms with van der Waals surface area (Å²) in [5.74, 6) is 0.0208. The van der Waals surface area contributed by atoms with Gasteiger partial charge in [-0.3, -0.25) is 9.59 Å². The summed E-state index contributed by atoms with van der Waals surface area (Å²) in [5, 5.41) is 5.80. The molecule has 0 atom stereocenters. The zero-order valence-corrected chi connectivity index (χ0v) is 14.3. The van der Waals surface area contributed by atoms with Gasteiger partial charge >= 0.3 is 0 Å². The van der Waals surface area contributed by atoms with Crippen molar-refractivity contribution in [2.45, 2.75) is 19.8 Å². The Bertz CT molecular complexity index is 769. The van der Waals surface area contributed by atoms with Crippen molar-refractivity contribution >= 4 is 39.1 Å².